The summed E-state index contributed by atoms with van der Waals surface area (Å²) >= 11 is 0. The smallest absolute Gasteiger partial charge is 0.0416 e. The van der Waals surface area contributed by atoms with Gasteiger partial charge in [0.1, 0.15) is 0 Å². The van der Waals surface area contributed by atoms with Gasteiger partial charge < -0.3 is 0 Å². The monoisotopic (exact) mass is 248 g/mol. The van der Waals surface area contributed by atoms with Gasteiger partial charge in [-0.25, -0.2) is 0 Å². The van der Waals surface area contributed by atoms with Gasteiger partial charge in [-0.15, -0.1) is 6.58 Å². The Morgan fingerprint density at radius 2 is 1.37 bits per heavy atom. The first-order valence-electron chi connectivity index (χ1n) is 6.69. The predicted octanol–water partition coefficient (Wildman–Crippen LogP) is 5.12. The van der Waals surface area contributed by atoms with Crippen LogP contribution < -0.4 is 0 Å². The van der Waals surface area contributed by atoms with Crippen molar-refractivity contribution < 1.29 is 0 Å². The maximum Gasteiger partial charge on any atom is 0.0416 e. The molecule has 2 rings (SSSR count). The second-order valence-corrected chi connectivity index (χ2v) is 4.70. The van der Waals surface area contributed by atoms with Crippen LogP contribution in [0.2, 0.25) is 0 Å². The van der Waals surface area contributed by atoms with E-state index < -0.39 is 0 Å². The lowest BCUT2D eigenvalue weighted by atomic mass is 9.72. The van der Waals surface area contributed by atoms with Crippen LogP contribution in [0, 0.1) is 0 Å². The van der Waals surface area contributed by atoms with Crippen molar-refractivity contribution in [2.45, 2.75) is 18.8 Å². The van der Waals surface area contributed by atoms with E-state index in [4.69, 9.17) is 0 Å². The molecule has 96 valence electrons. The Balaban J connectivity index is 2.64. The van der Waals surface area contributed by atoms with E-state index in [2.05, 4.69) is 86.3 Å². The van der Waals surface area contributed by atoms with Crippen LogP contribution in [0.5, 0.6) is 0 Å². The van der Waals surface area contributed by atoms with Crippen LogP contribution in [0.15, 0.2) is 85.5 Å². The van der Waals surface area contributed by atoms with Crippen LogP contribution in [0.4, 0.5) is 0 Å². The van der Waals surface area contributed by atoms with E-state index in [1.165, 1.54) is 11.1 Å². The number of hydrogen-bond donors (Lipinski definition) is 0. The van der Waals surface area contributed by atoms with Gasteiger partial charge in [-0.1, -0.05) is 78.9 Å². The molecule has 0 saturated heterocycles. The quantitative estimate of drug-likeness (QED) is 0.644. The van der Waals surface area contributed by atoms with E-state index in [1.54, 1.807) is 0 Å². The molecule has 0 bridgehead atoms. The summed E-state index contributed by atoms with van der Waals surface area (Å²) in [6.45, 7) is 6.02. The highest BCUT2D eigenvalue weighted by Gasteiger charge is 2.29. The molecule has 0 spiro atoms. The fourth-order valence-electron chi connectivity index (χ4n) is 2.65. The van der Waals surface area contributed by atoms with Gasteiger partial charge in [0, 0.05) is 5.41 Å². The van der Waals surface area contributed by atoms with Gasteiger partial charge in [0.25, 0.3) is 0 Å². The fourth-order valence-corrected chi connectivity index (χ4v) is 2.65. The summed E-state index contributed by atoms with van der Waals surface area (Å²) < 4.78 is 0. The molecule has 0 aliphatic carbocycles. The largest absolute Gasteiger partial charge is 0.103 e. The molecule has 0 unspecified atom stereocenters. The summed E-state index contributed by atoms with van der Waals surface area (Å²) in [6.07, 6.45) is 7.30. The van der Waals surface area contributed by atoms with Crippen molar-refractivity contribution in [2.24, 2.45) is 0 Å². The zero-order valence-corrected chi connectivity index (χ0v) is 11.4. The molecule has 0 aliphatic heterocycles. The third-order valence-electron chi connectivity index (χ3n) is 3.50. The van der Waals surface area contributed by atoms with Crippen LogP contribution in [0.25, 0.3) is 0 Å². The van der Waals surface area contributed by atoms with Crippen LogP contribution in [0.1, 0.15) is 24.5 Å². The molecule has 0 fully saturated rings. The molecule has 0 heterocycles. The standard InChI is InChI=1S/C19H20/c1-3-15-19(16-4-2,17-11-7-5-8-12-17)18-13-9-6-10-14-18/h3-14,16H,1,15H2,2H3/b16-4+. The minimum atomic E-state index is -0.112. The molecule has 0 aromatic heterocycles. The van der Waals surface area contributed by atoms with Gasteiger partial charge in [0.15, 0.2) is 0 Å². The summed E-state index contributed by atoms with van der Waals surface area (Å²) in [5.74, 6) is 0. The average Bonchev–Trinajstić information content (AvgIpc) is 2.49. The lowest BCUT2D eigenvalue weighted by molar-refractivity contribution is 0.653. The van der Waals surface area contributed by atoms with Crippen molar-refractivity contribution in [3.63, 3.8) is 0 Å². The van der Waals surface area contributed by atoms with Crippen molar-refractivity contribution in [2.75, 3.05) is 0 Å². The highest BCUT2D eigenvalue weighted by atomic mass is 14.3. The fraction of sp³-hybridized carbons (Fsp3) is 0.158. The molecule has 0 heteroatoms. The van der Waals surface area contributed by atoms with E-state index in [9.17, 15) is 0 Å². The predicted molar refractivity (Wildman–Crippen MR) is 83.3 cm³/mol. The van der Waals surface area contributed by atoms with Crippen molar-refractivity contribution in [3.8, 4) is 0 Å². The lowest BCUT2D eigenvalue weighted by Gasteiger charge is -2.31. The van der Waals surface area contributed by atoms with E-state index >= 15 is 0 Å². The molecule has 2 aromatic rings. The molecule has 0 atom stereocenters. The van der Waals surface area contributed by atoms with E-state index in [0.717, 1.165) is 6.42 Å². The van der Waals surface area contributed by atoms with E-state index in [0.29, 0.717) is 0 Å². The summed E-state index contributed by atoms with van der Waals surface area (Å²) in [4.78, 5) is 0. The molecule has 0 saturated carbocycles. The molecular weight excluding hydrogens is 228 g/mol. The van der Waals surface area contributed by atoms with Crippen LogP contribution in [-0.2, 0) is 5.41 Å². The molecule has 0 N–H and O–H groups in total. The first-order valence-corrected chi connectivity index (χ1v) is 6.69. The van der Waals surface area contributed by atoms with Crippen molar-refractivity contribution >= 4 is 0 Å². The topological polar surface area (TPSA) is 0 Å². The molecule has 0 radical (unpaired) electrons. The average molecular weight is 248 g/mol. The van der Waals surface area contributed by atoms with Crippen molar-refractivity contribution in [3.05, 3.63) is 96.6 Å². The molecular formula is C19H20. The Morgan fingerprint density at radius 3 is 1.74 bits per heavy atom. The van der Waals surface area contributed by atoms with Gasteiger partial charge in [-0.05, 0) is 24.5 Å². The van der Waals surface area contributed by atoms with E-state index in [1.807, 2.05) is 6.08 Å². The first kappa shape index (κ1) is 13.4. The Hall–Kier alpha value is -2.08. The second-order valence-electron chi connectivity index (χ2n) is 4.70. The molecule has 0 aliphatic rings. The zero-order valence-electron chi connectivity index (χ0n) is 11.4. The summed E-state index contributed by atoms with van der Waals surface area (Å²) in [5, 5.41) is 0. The second kappa shape index (κ2) is 6.19. The maximum absolute atomic E-state index is 3.94. The molecule has 19 heavy (non-hydrogen) atoms. The third kappa shape index (κ3) is 2.68. The van der Waals surface area contributed by atoms with Crippen LogP contribution >= 0.6 is 0 Å². The van der Waals surface area contributed by atoms with Gasteiger partial charge in [-0.2, -0.15) is 0 Å². The number of benzene rings is 2. The normalized spacial score (nSPS) is 11.6. The van der Waals surface area contributed by atoms with Gasteiger partial charge in [-0.3, -0.25) is 0 Å². The Morgan fingerprint density at radius 1 is 0.895 bits per heavy atom. The number of hydrogen-bond acceptors (Lipinski definition) is 0. The Bertz CT molecular complexity index is 495. The van der Waals surface area contributed by atoms with Crippen molar-refractivity contribution in [1.82, 2.24) is 0 Å². The summed E-state index contributed by atoms with van der Waals surface area (Å²) in [5.41, 5.74) is 2.50. The third-order valence-corrected chi connectivity index (χ3v) is 3.50. The van der Waals surface area contributed by atoms with Gasteiger partial charge in [0.05, 0.1) is 0 Å². The zero-order chi connectivity index (χ0) is 13.6. The Kier molecular flexibility index (Phi) is 4.35. The van der Waals surface area contributed by atoms with Crippen LogP contribution in [-0.4, -0.2) is 0 Å². The SMILES string of the molecule is C=CCC(/C=C/C)(c1ccccc1)c1ccccc1. The minimum Gasteiger partial charge on any atom is -0.103 e. The van der Waals surface area contributed by atoms with Gasteiger partial charge >= 0.3 is 0 Å². The molecule has 0 nitrogen and oxygen atoms in total. The Labute approximate surface area is 116 Å². The molecule has 2 aromatic carbocycles. The lowest BCUT2D eigenvalue weighted by Crippen LogP contribution is -2.24. The summed E-state index contributed by atoms with van der Waals surface area (Å²) in [7, 11) is 0. The van der Waals surface area contributed by atoms with Crippen molar-refractivity contribution in [1.29, 1.82) is 0 Å². The summed E-state index contributed by atoms with van der Waals surface area (Å²) in [6, 6.07) is 21.3. The highest BCUT2D eigenvalue weighted by Crippen LogP contribution is 2.37. The first-order chi connectivity index (χ1) is 9.33. The van der Waals surface area contributed by atoms with Crippen LogP contribution in [0.3, 0.4) is 0 Å². The minimum absolute atomic E-state index is 0.112. The molecule has 0 amide bonds. The maximum atomic E-state index is 3.94. The van der Waals surface area contributed by atoms with E-state index in [-0.39, 0.29) is 5.41 Å². The number of rotatable bonds is 5. The van der Waals surface area contributed by atoms with Gasteiger partial charge in [0.2, 0.25) is 0 Å². The highest BCUT2D eigenvalue weighted by molar-refractivity contribution is 5.45. The number of allylic oxidation sites excluding steroid dienone is 3.